The molecule has 0 saturated carbocycles. The molecule has 1 aliphatic rings. The van der Waals surface area contributed by atoms with Crippen molar-refractivity contribution in [2.24, 2.45) is 0 Å². The Balaban J connectivity index is 1.49. The van der Waals surface area contributed by atoms with E-state index in [2.05, 4.69) is 33.9 Å². The molecule has 25 heavy (non-hydrogen) atoms. The Morgan fingerprint density at radius 1 is 1.24 bits per heavy atom. The van der Waals surface area contributed by atoms with Crippen molar-refractivity contribution in [3.8, 4) is 11.3 Å². The van der Waals surface area contributed by atoms with Gasteiger partial charge in [-0.3, -0.25) is 9.69 Å². The molecule has 1 unspecified atom stereocenters. The molecule has 1 fully saturated rings. The fourth-order valence-corrected chi connectivity index (χ4v) is 3.14. The first-order chi connectivity index (χ1) is 12.2. The summed E-state index contributed by atoms with van der Waals surface area (Å²) in [7, 11) is 0. The lowest BCUT2D eigenvalue weighted by Crippen LogP contribution is -2.52. The Kier molecular flexibility index (Phi) is 5.83. The molecule has 0 bridgehead atoms. The van der Waals surface area contributed by atoms with Crippen LogP contribution in [0.15, 0.2) is 41.3 Å². The van der Waals surface area contributed by atoms with Crippen LogP contribution < -0.4 is 5.32 Å². The molecule has 134 valence electrons. The lowest BCUT2D eigenvalue weighted by molar-refractivity contribution is 0.0883. The van der Waals surface area contributed by atoms with Crippen molar-refractivity contribution in [1.29, 1.82) is 0 Å². The number of likely N-dealkylation sites (N-methyl/N-ethyl adjacent to an activating group) is 1. The van der Waals surface area contributed by atoms with E-state index in [-0.39, 0.29) is 5.91 Å². The Hall–Kier alpha value is -2.18. The predicted octanol–water partition coefficient (Wildman–Crippen LogP) is 2.10. The number of amides is 1. The van der Waals surface area contributed by atoms with Gasteiger partial charge in [0.25, 0.3) is 5.91 Å². The minimum absolute atomic E-state index is 0.0387. The van der Waals surface area contributed by atoms with Crippen LogP contribution >= 0.6 is 0 Å². The maximum atomic E-state index is 12.4. The molecular formula is C19H26N4O2. The number of aromatic nitrogens is 1. The van der Waals surface area contributed by atoms with Gasteiger partial charge in [0.2, 0.25) is 0 Å². The molecule has 2 aromatic rings. The van der Waals surface area contributed by atoms with Crippen molar-refractivity contribution in [1.82, 2.24) is 20.1 Å². The minimum Gasteiger partial charge on any atom is -0.444 e. The van der Waals surface area contributed by atoms with Crippen LogP contribution in [0.2, 0.25) is 0 Å². The van der Waals surface area contributed by atoms with Gasteiger partial charge in [-0.1, -0.05) is 19.1 Å². The number of nitrogens with zero attached hydrogens (tertiary/aromatic N) is 3. The van der Waals surface area contributed by atoms with Crippen LogP contribution in [-0.2, 0) is 0 Å². The van der Waals surface area contributed by atoms with Crippen molar-refractivity contribution < 1.29 is 9.21 Å². The third-order valence-electron chi connectivity index (χ3n) is 4.90. The molecule has 1 aromatic carbocycles. The Morgan fingerprint density at radius 3 is 2.56 bits per heavy atom. The molecule has 1 atom stereocenters. The molecule has 0 radical (unpaired) electrons. The quantitative estimate of drug-likeness (QED) is 0.871. The van der Waals surface area contributed by atoms with E-state index in [4.69, 9.17) is 4.42 Å². The summed E-state index contributed by atoms with van der Waals surface area (Å²) in [4.78, 5) is 21.2. The van der Waals surface area contributed by atoms with E-state index in [1.165, 1.54) is 6.39 Å². The minimum atomic E-state index is -0.0387. The van der Waals surface area contributed by atoms with Crippen molar-refractivity contribution in [2.45, 2.75) is 19.9 Å². The maximum absolute atomic E-state index is 12.4. The molecule has 1 amide bonds. The van der Waals surface area contributed by atoms with Gasteiger partial charge in [0.05, 0.1) is 6.20 Å². The van der Waals surface area contributed by atoms with Crippen LogP contribution in [0.4, 0.5) is 0 Å². The second kappa shape index (κ2) is 8.27. The summed E-state index contributed by atoms with van der Waals surface area (Å²) in [5.41, 5.74) is 1.57. The third-order valence-corrected chi connectivity index (χ3v) is 4.90. The third kappa shape index (κ3) is 4.46. The van der Waals surface area contributed by atoms with Crippen LogP contribution in [0.5, 0.6) is 0 Å². The maximum Gasteiger partial charge on any atom is 0.251 e. The van der Waals surface area contributed by atoms with Crippen molar-refractivity contribution in [2.75, 3.05) is 39.3 Å². The lowest BCUT2D eigenvalue weighted by atomic mass is 10.1. The summed E-state index contributed by atoms with van der Waals surface area (Å²) in [6, 6.07) is 7.73. The zero-order valence-corrected chi connectivity index (χ0v) is 14.9. The van der Waals surface area contributed by atoms with E-state index in [1.54, 1.807) is 6.20 Å². The summed E-state index contributed by atoms with van der Waals surface area (Å²) in [5.74, 6) is 0.662. The van der Waals surface area contributed by atoms with Gasteiger partial charge < -0.3 is 14.6 Å². The molecular weight excluding hydrogens is 316 g/mol. The number of benzene rings is 1. The van der Waals surface area contributed by atoms with Gasteiger partial charge in [-0.25, -0.2) is 4.98 Å². The second-order valence-electron chi connectivity index (χ2n) is 6.47. The molecule has 0 aliphatic carbocycles. The zero-order chi connectivity index (χ0) is 17.6. The average Bonchev–Trinajstić information content (AvgIpc) is 3.21. The lowest BCUT2D eigenvalue weighted by Gasteiger charge is -2.37. The van der Waals surface area contributed by atoms with Crippen molar-refractivity contribution >= 4 is 5.91 Å². The summed E-state index contributed by atoms with van der Waals surface area (Å²) >= 11 is 0. The van der Waals surface area contributed by atoms with Crippen LogP contribution in [0.25, 0.3) is 11.3 Å². The fourth-order valence-electron chi connectivity index (χ4n) is 3.14. The number of carbonyl (C=O) groups excluding carboxylic acids is 1. The van der Waals surface area contributed by atoms with Gasteiger partial charge in [0, 0.05) is 49.9 Å². The van der Waals surface area contributed by atoms with E-state index in [9.17, 15) is 4.79 Å². The number of oxazole rings is 1. The van der Waals surface area contributed by atoms with E-state index in [0.717, 1.165) is 38.3 Å². The largest absolute Gasteiger partial charge is 0.444 e. The molecule has 0 spiro atoms. The van der Waals surface area contributed by atoms with Gasteiger partial charge in [0.1, 0.15) is 0 Å². The molecule has 1 saturated heterocycles. The van der Waals surface area contributed by atoms with Gasteiger partial charge in [0.15, 0.2) is 12.2 Å². The summed E-state index contributed by atoms with van der Waals surface area (Å²) < 4.78 is 5.26. The Labute approximate surface area is 148 Å². The molecule has 6 nitrogen and oxygen atoms in total. The number of hydrogen-bond acceptors (Lipinski definition) is 5. The van der Waals surface area contributed by atoms with Crippen LogP contribution in [0.1, 0.15) is 24.2 Å². The molecule has 2 heterocycles. The Morgan fingerprint density at radius 2 is 1.96 bits per heavy atom. The van der Waals surface area contributed by atoms with Crippen LogP contribution in [0, 0.1) is 0 Å². The van der Waals surface area contributed by atoms with E-state index in [0.29, 0.717) is 23.9 Å². The standard InChI is InChI=1S/C19H26N4O2/c1-3-22-8-10-23(11-9-22)15(2)12-21-19(24)17-6-4-16(5-7-17)18-13-20-14-25-18/h4-7,13-15H,3,8-12H2,1-2H3,(H,21,24). The normalized spacial score (nSPS) is 17.4. The highest BCUT2D eigenvalue weighted by Gasteiger charge is 2.20. The van der Waals surface area contributed by atoms with E-state index < -0.39 is 0 Å². The van der Waals surface area contributed by atoms with Crippen LogP contribution in [-0.4, -0.2) is 66.0 Å². The SMILES string of the molecule is CCN1CCN(C(C)CNC(=O)c2ccc(-c3cnco3)cc2)CC1. The number of carbonyl (C=O) groups is 1. The van der Waals surface area contributed by atoms with Gasteiger partial charge in [-0.2, -0.15) is 0 Å². The van der Waals surface area contributed by atoms with Crippen LogP contribution in [0.3, 0.4) is 0 Å². The molecule has 1 N–H and O–H groups in total. The smallest absolute Gasteiger partial charge is 0.251 e. The fraction of sp³-hybridized carbons (Fsp3) is 0.474. The molecule has 1 aliphatic heterocycles. The predicted molar refractivity (Wildman–Crippen MR) is 97.4 cm³/mol. The Bertz CT molecular complexity index is 661. The topological polar surface area (TPSA) is 61.6 Å². The van der Waals surface area contributed by atoms with Gasteiger partial charge in [-0.15, -0.1) is 0 Å². The first kappa shape index (κ1) is 17.6. The molecule has 1 aromatic heterocycles. The molecule has 3 rings (SSSR count). The summed E-state index contributed by atoms with van der Waals surface area (Å²) in [6.07, 6.45) is 3.06. The summed E-state index contributed by atoms with van der Waals surface area (Å²) in [5, 5.41) is 3.05. The van der Waals surface area contributed by atoms with Crippen molar-refractivity contribution in [3.05, 3.63) is 42.4 Å². The number of nitrogens with one attached hydrogen (secondary N) is 1. The zero-order valence-electron chi connectivity index (χ0n) is 14.9. The monoisotopic (exact) mass is 342 g/mol. The first-order valence-electron chi connectivity index (χ1n) is 8.91. The van der Waals surface area contributed by atoms with Gasteiger partial charge >= 0.3 is 0 Å². The number of piperazine rings is 1. The summed E-state index contributed by atoms with van der Waals surface area (Å²) in [6.45, 7) is 10.5. The molecule has 6 heteroatoms. The van der Waals surface area contributed by atoms with E-state index >= 15 is 0 Å². The number of rotatable bonds is 6. The number of hydrogen-bond donors (Lipinski definition) is 1. The van der Waals surface area contributed by atoms with Crippen molar-refractivity contribution in [3.63, 3.8) is 0 Å². The highest BCUT2D eigenvalue weighted by molar-refractivity contribution is 5.94. The highest BCUT2D eigenvalue weighted by Crippen LogP contribution is 2.18. The average molecular weight is 342 g/mol. The van der Waals surface area contributed by atoms with E-state index in [1.807, 2.05) is 24.3 Å². The first-order valence-corrected chi connectivity index (χ1v) is 8.91. The van der Waals surface area contributed by atoms with Gasteiger partial charge in [-0.05, 0) is 25.6 Å². The highest BCUT2D eigenvalue weighted by atomic mass is 16.3. The second-order valence-corrected chi connectivity index (χ2v) is 6.47.